The van der Waals surface area contributed by atoms with Gasteiger partial charge in [-0.25, -0.2) is 4.79 Å². The zero-order valence-corrected chi connectivity index (χ0v) is 20.3. The molecule has 0 bridgehead atoms. The maximum absolute atomic E-state index is 12.0. The smallest absolute Gasteiger partial charge is 0.337 e. The van der Waals surface area contributed by atoms with Crippen LogP contribution >= 0.6 is 22.9 Å². The van der Waals surface area contributed by atoms with E-state index in [1.165, 1.54) is 7.11 Å². The van der Waals surface area contributed by atoms with Crippen LogP contribution < -0.4 is 0 Å². The Morgan fingerprint density at radius 1 is 1.22 bits per heavy atom. The van der Waals surface area contributed by atoms with Crippen LogP contribution in [0.25, 0.3) is 20.8 Å². The molecule has 0 aliphatic carbocycles. The lowest BCUT2D eigenvalue weighted by Crippen LogP contribution is -2.35. The molecule has 1 aromatic carbocycles. The summed E-state index contributed by atoms with van der Waals surface area (Å²) in [5.41, 5.74) is 2.57. The van der Waals surface area contributed by atoms with E-state index in [0.717, 1.165) is 37.7 Å². The number of nitrogens with zero attached hydrogens (tertiary/aromatic N) is 4. The molecule has 0 fully saturated rings. The fraction of sp³-hybridized carbons (Fsp3) is 0.348. The molecule has 4 rings (SSSR count). The predicted molar refractivity (Wildman–Crippen MR) is 126 cm³/mol. The first-order chi connectivity index (χ1) is 15.2. The Labute approximate surface area is 195 Å². The zero-order chi connectivity index (χ0) is 23.0. The Kier molecular flexibility index (Phi) is 6.11. The number of ether oxygens (including phenoxy) is 2. The molecule has 0 amide bonds. The summed E-state index contributed by atoms with van der Waals surface area (Å²) in [6.45, 7) is 6.06. The van der Waals surface area contributed by atoms with Gasteiger partial charge < -0.3 is 9.47 Å². The lowest BCUT2D eigenvalue weighted by atomic mass is 10.1. The number of carbonyl (C=O) groups excluding carboxylic acids is 1. The van der Waals surface area contributed by atoms with Crippen molar-refractivity contribution in [2.24, 2.45) is 7.05 Å². The molecule has 0 unspecified atom stereocenters. The fourth-order valence-corrected chi connectivity index (χ4v) is 4.88. The summed E-state index contributed by atoms with van der Waals surface area (Å²) in [5.74, 6) is -0.430. The van der Waals surface area contributed by atoms with E-state index in [1.54, 1.807) is 25.2 Å². The van der Waals surface area contributed by atoms with E-state index in [1.807, 2.05) is 53.7 Å². The van der Waals surface area contributed by atoms with Crippen LogP contribution in [0.4, 0.5) is 0 Å². The molecule has 168 valence electrons. The first-order valence-electron chi connectivity index (χ1n) is 10.2. The Morgan fingerprint density at radius 2 is 1.97 bits per heavy atom. The molecule has 0 N–H and O–H groups in total. The van der Waals surface area contributed by atoms with Gasteiger partial charge in [0.1, 0.15) is 4.83 Å². The normalized spacial score (nSPS) is 11.9. The second kappa shape index (κ2) is 8.69. The summed E-state index contributed by atoms with van der Waals surface area (Å²) in [5, 5.41) is 11.1. The van der Waals surface area contributed by atoms with Crippen LogP contribution in [0, 0.1) is 6.92 Å². The standard InChI is InChI=1S/C23H25ClN4O3S/c1-14-17-11-20(32-21(17)27(4)25-14)19-10-16(13-31-23(2,3)22(29)30-5)26-28(19)12-15-8-6-7-9-18(15)24/h6-11H,12-13H2,1-5H3. The third kappa shape index (κ3) is 4.30. The van der Waals surface area contributed by atoms with Crippen molar-refractivity contribution in [1.29, 1.82) is 0 Å². The molecular formula is C23H25ClN4O3S. The highest BCUT2D eigenvalue weighted by Gasteiger charge is 2.30. The largest absolute Gasteiger partial charge is 0.467 e. The van der Waals surface area contributed by atoms with Gasteiger partial charge in [0.15, 0.2) is 5.60 Å². The SMILES string of the molecule is COC(=O)C(C)(C)OCc1cc(-c2cc3c(C)nn(C)c3s2)n(Cc2ccccc2Cl)n1. The molecule has 0 aliphatic heterocycles. The number of fused-ring (bicyclic) bond motifs is 1. The number of carbonyl (C=O) groups is 1. The highest BCUT2D eigenvalue weighted by Crippen LogP contribution is 2.36. The van der Waals surface area contributed by atoms with Gasteiger partial charge in [0.2, 0.25) is 0 Å². The van der Waals surface area contributed by atoms with E-state index in [0.29, 0.717) is 11.6 Å². The predicted octanol–water partition coefficient (Wildman–Crippen LogP) is 4.98. The minimum Gasteiger partial charge on any atom is -0.467 e. The van der Waals surface area contributed by atoms with Crippen molar-refractivity contribution in [2.45, 2.75) is 39.5 Å². The molecule has 7 nitrogen and oxygen atoms in total. The summed E-state index contributed by atoms with van der Waals surface area (Å²) in [7, 11) is 3.30. The number of aryl methyl sites for hydroxylation is 2. The Morgan fingerprint density at radius 3 is 2.66 bits per heavy atom. The minimum absolute atomic E-state index is 0.177. The number of halogens is 1. The van der Waals surface area contributed by atoms with Crippen molar-refractivity contribution in [3.05, 3.63) is 58.4 Å². The van der Waals surface area contributed by atoms with Gasteiger partial charge in [-0.05, 0) is 44.5 Å². The van der Waals surface area contributed by atoms with Crippen LogP contribution in [0.2, 0.25) is 5.02 Å². The number of hydrogen-bond donors (Lipinski definition) is 0. The highest BCUT2D eigenvalue weighted by molar-refractivity contribution is 7.21. The number of esters is 1. The highest BCUT2D eigenvalue weighted by atomic mass is 35.5. The zero-order valence-electron chi connectivity index (χ0n) is 18.7. The van der Waals surface area contributed by atoms with Crippen LogP contribution in [0.3, 0.4) is 0 Å². The average Bonchev–Trinajstić information content (AvgIpc) is 3.43. The molecule has 0 saturated heterocycles. The number of thiophene rings is 1. The first-order valence-corrected chi connectivity index (χ1v) is 11.3. The van der Waals surface area contributed by atoms with Crippen LogP contribution in [-0.2, 0) is 34.5 Å². The molecule has 3 heterocycles. The lowest BCUT2D eigenvalue weighted by Gasteiger charge is -2.21. The Balaban J connectivity index is 1.72. The van der Waals surface area contributed by atoms with Crippen LogP contribution in [0.15, 0.2) is 36.4 Å². The Bertz CT molecular complexity index is 1250. The van der Waals surface area contributed by atoms with E-state index in [-0.39, 0.29) is 6.61 Å². The van der Waals surface area contributed by atoms with Gasteiger partial charge in [-0.2, -0.15) is 10.2 Å². The van der Waals surface area contributed by atoms with Crippen molar-refractivity contribution < 1.29 is 14.3 Å². The molecular weight excluding hydrogens is 448 g/mol. The van der Waals surface area contributed by atoms with Gasteiger partial charge in [0.05, 0.1) is 42.2 Å². The molecule has 0 radical (unpaired) electrons. The van der Waals surface area contributed by atoms with Crippen molar-refractivity contribution >= 4 is 39.1 Å². The van der Waals surface area contributed by atoms with Gasteiger partial charge in [0, 0.05) is 17.5 Å². The van der Waals surface area contributed by atoms with Crippen molar-refractivity contribution in [2.75, 3.05) is 7.11 Å². The summed E-state index contributed by atoms with van der Waals surface area (Å²) in [6, 6.07) is 11.9. The topological polar surface area (TPSA) is 71.2 Å². The average molecular weight is 473 g/mol. The van der Waals surface area contributed by atoms with Crippen molar-refractivity contribution in [3.63, 3.8) is 0 Å². The maximum atomic E-state index is 12.0. The third-order valence-electron chi connectivity index (χ3n) is 5.32. The monoisotopic (exact) mass is 472 g/mol. The van der Waals surface area contributed by atoms with Gasteiger partial charge in [-0.15, -0.1) is 11.3 Å². The molecule has 0 saturated carbocycles. The lowest BCUT2D eigenvalue weighted by molar-refractivity contribution is -0.166. The van der Waals surface area contributed by atoms with Crippen LogP contribution in [0.1, 0.15) is 30.8 Å². The molecule has 0 spiro atoms. The van der Waals surface area contributed by atoms with Gasteiger partial charge in [0.25, 0.3) is 0 Å². The van der Waals surface area contributed by atoms with Gasteiger partial charge >= 0.3 is 5.97 Å². The first kappa shape index (κ1) is 22.5. The number of rotatable bonds is 7. The summed E-state index contributed by atoms with van der Waals surface area (Å²) < 4.78 is 14.5. The van der Waals surface area contributed by atoms with E-state index in [4.69, 9.17) is 26.2 Å². The van der Waals surface area contributed by atoms with E-state index in [2.05, 4.69) is 11.2 Å². The van der Waals surface area contributed by atoms with Crippen LogP contribution in [0.5, 0.6) is 0 Å². The molecule has 0 atom stereocenters. The second-order valence-electron chi connectivity index (χ2n) is 8.10. The number of methoxy groups -OCH3 is 1. The van der Waals surface area contributed by atoms with Crippen molar-refractivity contribution in [3.8, 4) is 10.6 Å². The second-order valence-corrected chi connectivity index (χ2v) is 9.54. The molecule has 0 aliphatic rings. The summed E-state index contributed by atoms with van der Waals surface area (Å²) in [6.07, 6.45) is 0. The number of hydrogen-bond acceptors (Lipinski definition) is 6. The Hall–Kier alpha value is -2.68. The summed E-state index contributed by atoms with van der Waals surface area (Å²) in [4.78, 5) is 14.1. The van der Waals surface area contributed by atoms with E-state index < -0.39 is 11.6 Å². The quantitative estimate of drug-likeness (QED) is 0.355. The van der Waals surface area contributed by atoms with Gasteiger partial charge in [-0.3, -0.25) is 9.36 Å². The summed E-state index contributed by atoms with van der Waals surface area (Å²) >= 11 is 8.08. The molecule has 4 aromatic rings. The van der Waals surface area contributed by atoms with E-state index in [9.17, 15) is 4.79 Å². The number of benzene rings is 1. The minimum atomic E-state index is -1.07. The maximum Gasteiger partial charge on any atom is 0.337 e. The van der Waals surface area contributed by atoms with Crippen molar-refractivity contribution in [1.82, 2.24) is 19.6 Å². The van der Waals surface area contributed by atoms with E-state index >= 15 is 0 Å². The molecule has 3 aromatic heterocycles. The van der Waals surface area contributed by atoms with Crippen LogP contribution in [-0.4, -0.2) is 38.2 Å². The van der Waals surface area contributed by atoms with Gasteiger partial charge in [-0.1, -0.05) is 29.8 Å². The number of aromatic nitrogens is 4. The third-order valence-corrected chi connectivity index (χ3v) is 6.91. The molecule has 32 heavy (non-hydrogen) atoms. The molecule has 9 heteroatoms. The fourth-order valence-electron chi connectivity index (χ4n) is 3.54.